The van der Waals surface area contributed by atoms with E-state index in [0.29, 0.717) is 11.2 Å². The zero-order chi connectivity index (χ0) is 16.8. The minimum absolute atomic E-state index is 0.0476. The van der Waals surface area contributed by atoms with Gasteiger partial charge in [0, 0.05) is 5.46 Å². The second kappa shape index (κ2) is 5.55. The SMILES string of the molecule is CCS(=O)(=O)c1ccc(B2OC(C)(C)C(C)(C)O2)c(OC)c1. The maximum atomic E-state index is 12.0. The molecule has 1 fully saturated rings. The van der Waals surface area contributed by atoms with E-state index < -0.39 is 28.2 Å². The van der Waals surface area contributed by atoms with Crippen LogP contribution in [0.3, 0.4) is 0 Å². The van der Waals surface area contributed by atoms with Crippen molar-refractivity contribution in [2.24, 2.45) is 0 Å². The average Bonchev–Trinajstić information content (AvgIpc) is 2.66. The van der Waals surface area contributed by atoms with Crippen molar-refractivity contribution >= 4 is 22.4 Å². The molecule has 0 unspecified atom stereocenters. The molecule has 1 heterocycles. The van der Waals surface area contributed by atoms with Gasteiger partial charge in [-0.15, -0.1) is 0 Å². The van der Waals surface area contributed by atoms with Crippen LogP contribution in [0.1, 0.15) is 34.6 Å². The predicted octanol–water partition coefficient (Wildman–Crippen LogP) is 1.79. The van der Waals surface area contributed by atoms with Gasteiger partial charge in [-0.2, -0.15) is 0 Å². The van der Waals surface area contributed by atoms with Crippen molar-refractivity contribution in [1.29, 1.82) is 0 Å². The van der Waals surface area contributed by atoms with Crippen molar-refractivity contribution < 1.29 is 22.5 Å². The first-order chi connectivity index (χ1) is 10.0. The Kier molecular flexibility index (Phi) is 4.36. The lowest BCUT2D eigenvalue weighted by Crippen LogP contribution is -2.41. The lowest BCUT2D eigenvalue weighted by Gasteiger charge is -2.32. The van der Waals surface area contributed by atoms with E-state index in [1.54, 1.807) is 19.1 Å². The summed E-state index contributed by atoms with van der Waals surface area (Å²) in [5.74, 6) is 0.499. The highest BCUT2D eigenvalue weighted by Crippen LogP contribution is 2.37. The monoisotopic (exact) mass is 326 g/mol. The molecule has 0 amide bonds. The van der Waals surface area contributed by atoms with Crippen LogP contribution >= 0.6 is 0 Å². The first kappa shape index (κ1) is 17.3. The van der Waals surface area contributed by atoms with Crippen LogP contribution in [0.4, 0.5) is 0 Å². The largest absolute Gasteiger partial charge is 0.498 e. The number of methoxy groups -OCH3 is 1. The van der Waals surface area contributed by atoms with Gasteiger partial charge in [0.2, 0.25) is 0 Å². The minimum atomic E-state index is -3.28. The summed E-state index contributed by atoms with van der Waals surface area (Å²) in [5, 5.41) is 0. The topological polar surface area (TPSA) is 61.8 Å². The number of sulfone groups is 1. The highest BCUT2D eigenvalue weighted by atomic mass is 32.2. The average molecular weight is 326 g/mol. The molecule has 0 aromatic heterocycles. The first-order valence-electron chi connectivity index (χ1n) is 7.30. The molecule has 0 spiro atoms. The van der Waals surface area contributed by atoms with Gasteiger partial charge in [0.1, 0.15) is 5.75 Å². The molecule has 122 valence electrons. The fraction of sp³-hybridized carbons (Fsp3) is 0.600. The van der Waals surface area contributed by atoms with E-state index in [2.05, 4.69) is 0 Å². The fourth-order valence-electron chi connectivity index (χ4n) is 2.22. The molecule has 22 heavy (non-hydrogen) atoms. The summed E-state index contributed by atoms with van der Waals surface area (Å²) in [7, 11) is -2.36. The molecule has 0 atom stereocenters. The molecule has 1 aromatic rings. The third-order valence-corrected chi connectivity index (χ3v) is 6.18. The van der Waals surface area contributed by atoms with Gasteiger partial charge in [0.05, 0.1) is 29.0 Å². The normalized spacial score (nSPS) is 20.2. The van der Waals surface area contributed by atoms with E-state index in [1.165, 1.54) is 13.2 Å². The van der Waals surface area contributed by atoms with Crippen LogP contribution in [-0.2, 0) is 19.1 Å². The van der Waals surface area contributed by atoms with Crippen molar-refractivity contribution in [3.8, 4) is 5.75 Å². The molecular weight excluding hydrogens is 303 g/mol. The molecule has 1 aliphatic rings. The fourth-order valence-corrected chi connectivity index (χ4v) is 3.11. The number of ether oxygens (including phenoxy) is 1. The molecule has 5 nitrogen and oxygen atoms in total. The minimum Gasteiger partial charge on any atom is -0.497 e. The van der Waals surface area contributed by atoms with Crippen molar-refractivity contribution in [2.45, 2.75) is 50.7 Å². The highest BCUT2D eigenvalue weighted by molar-refractivity contribution is 7.91. The number of benzene rings is 1. The standard InChI is InChI=1S/C15H23BO5S/c1-7-22(17,18)11-8-9-12(13(10-11)19-6)16-20-14(2,3)15(4,5)21-16/h8-10H,7H2,1-6H3. The van der Waals surface area contributed by atoms with Crippen LogP contribution in [0.25, 0.3) is 0 Å². The van der Waals surface area contributed by atoms with Gasteiger partial charge in [-0.05, 0) is 39.8 Å². The molecular formula is C15H23BO5S. The molecule has 1 aromatic carbocycles. The third kappa shape index (κ3) is 2.89. The van der Waals surface area contributed by atoms with Crippen molar-refractivity contribution in [1.82, 2.24) is 0 Å². The van der Waals surface area contributed by atoms with Crippen molar-refractivity contribution in [2.75, 3.05) is 12.9 Å². The van der Waals surface area contributed by atoms with Gasteiger partial charge in [0.15, 0.2) is 9.84 Å². The quantitative estimate of drug-likeness (QED) is 0.790. The van der Waals surface area contributed by atoms with E-state index in [1.807, 2.05) is 27.7 Å². The summed E-state index contributed by atoms with van der Waals surface area (Å²) < 4.78 is 41.3. The van der Waals surface area contributed by atoms with E-state index in [4.69, 9.17) is 14.0 Å². The Bertz CT molecular complexity index is 651. The summed E-state index contributed by atoms with van der Waals surface area (Å²) in [5.41, 5.74) is -0.232. The summed E-state index contributed by atoms with van der Waals surface area (Å²) in [6, 6.07) is 4.80. The predicted molar refractivity (Wildman–Crippen MR) is 86.4 cm³/mol. The molecule has 1 aliphatic heterocycles. The van der Waals surface area contributed by atoms with Gasteiger partial charge in [0.25, 0.3) is 0 Å². The van der Waals surface area contributed by atoms with Gasteiger partial charge in [-0.25, -0.2) is 8.42 Å². The van der Waals surface area contributed by atoms with Crippen LogP contribution in [-0.4, -0.2) is 39.6 Å². The number of hydrogen-bond donors (Lipinski definition) is 0. The Morgan fingerprint density at radius 3 is 2.14 bits per heavy atom. The second-order valence-electron chi connectivity index (χ2n) is 6.40. The second-order valence-corrected chi connectivity index (χ2v) is 8.67. The highest BCUT2D eigenvalue weighted by Gasteiger charge is 2.52. The van der Waals surface area contributed by atoms with Gasteiger partial charge < -0.3 is 14.0 Å². The maximum absolute atomic E-state index is 12.0. The van der Waals surface area contributed by atoms with Gasteiger partial charge in [-0.1, -0.05) is 13.0 Å². The smallest absolute Gasteiger partial charge is 0.497 e. The Morgan fingerprint density at radius 2 is 1.68 bits per heavy atom. The van der Waals surface area contributed by atoms with E-state index in [9.17, 15) is 8.42 Å². The molecule has 0 radical (unpaired) electrons. The van der Waals surface area contributed by atoms with Crippen LogP contribution in [0.15, 0.2) is 23.1 Å². The summed E-state index contributed by atoms with van der Waals surface area (Å²) in [6.45, 7) is 9.49. The third-order valence-electron chi connectivity index (χ3n) is 4.45. The van der Waals surface area contributed by atoms with Gasteiger partial charge in [-0.3, -0.25) is 0 Å². The van der Waals surface area contributed by atoms with Crippen molar-refractivity contribution in [3.05, 3.63) is 18.2 Å². The summed E-state index contributed by atoms with van der Waals surface area (Å²) in [4.78, 5) is 0.243. The molecule has 0 aliphatic carbocycles. The zero-order valence-electron chi connectivity index (χ0n) is 14.0. The van der Waals surface area contributed by atoms with E-state index >= 15 is 0 Å². The van der Waals surface area contributed by atoms with E-state index in [-0.39, 0.29) is 10.6 Å². The number of rotatable bonds is 4. The van der Waals surface area contributed by atoms with E-state index in [0.717, 1.165) is 0 Å². The first-order valence-corrected chi connectivity index (χ1v) is 8.95. The zero-order valence-corrected chi connectivity index (χ0v) is 14.8. The van der Waals surface area contributed by atoms with Crippen LogP contribution in [0, 0.1) is 0 Å². The molecule has 7 heteroatoms. The molecule has 1 saturated heterocycles. The maximum Gasteiger partial charge on any atom is 0.498 e. The van der Waals surface area contributed by atoms with Gasteiger partial charge >= 0.3 is 7.12 Å². The lowest BCUT2D eigenvalue weighted by atomic mass is 9.78. The van der Waals surface area contributed by atoms with Crippen LogP contribution < -0.4 is 10.2 Å². The summed E-state index contributed by atoms with van der Waals surface area (Å²) in [6.07, 6.45) is 0. The lowest BCUT2D eigenvalue weighted by molar-refractivity contribution is 0.00578. The summed E-state index contributed by atoms with van der Waals surface area (Å²) >= 11 is 0. The van der Waals surface area contributed by atoms with Crippen LogP contribution in [0.2, 0.25) is 0 Å². The number of hydrogen-bond acceptors (Lipinski definition) is 5. The Morgan fingerprint density at radius 1 is 1.14 bits per heavy atom. The Labute approximate surface area is 133 Å². The molecule has 0 saturated carbocycles. The van der Waals surface area contributed by atoms with Crippen molar-refractivity contribution in [3.63, 3.8) is 0 Å². The molecule has 0 bridgehead atoms. The molecule has 2 rings (SSSR count). The Hall–Kier alpha value is -1.05. The molecule has 0 N–H and O–H groups in total. The Balaban J connectivity index is 2.42. The van der Waals surface area contributed by atoms with Crippen LogP contribution in [0.5, 0.6) is 5.75 Å².